The molecule has 0 heterocycles. The molecule has 0 bridgehead atoms. The van der Waals surface area contributed by atoms with Crippen LogP contribution in [0.15, 0.2) is 0 Å². The van der Waals surface area contributed by atoms with E-state index in [1.54, 1.807) is 0 Å². The van der Waals surface area contributed by atoms with E-state index in [4.69, 9.17) is 9.96 Å². The van der Waals surface area contributed by atoms with E-state index in [0.29, 0.717) is 0 Å². The van der Waals surface area contributed by atoms with Gasteiger partial charge < -0.3 is 12.4 Å². The third-order valence-corrected chi connectivity index (χ3v) is 4.82. The van der Waals surface area contributed by atoms with Gasteiger partial charge in [-0.3, -0.25) is 0 Å². The van der Waals surface area contributed by atoms with Crippen LogP contribution >= 0.6 is 0 Å². The van der Waals surface area contributed by atoms with Crippen LogP contribution in [0.1, 0.15) is 62.3 Å². The molecule has 0 saturated heterocycles. The Kier molecular flexibility index (Phi) is 8.18. The second-order valence-electron chi connectivity index (χ2n) is 6.89. The first kappa shape index (κ1) is 20.2. The van der Waals surface area contributed by atoms with Crippen LogP contribution in [0, 0.1) is 0 Å². The number of rotatable bonds is 3. The molecule has 0 unspecified atom stereocenters. The molecule has 0 aliphatic carbocycles. The van der Waals surface area contributed by atoms with Crippen molar-refractivity contribution in [3.8, 4) is 0 Å². The van der Waals surface area contributed by atoms with E-state index in [-0.39, 0.29) is 29.2 Å². The molecule has 0 aromatic rings. The maximum atomic E-state index is 5.91. The first-order chi connectivity index (χ1) is 6.79. The van der Waals surface area contributed by atoms with Gasteiger partial charge in [-0.25, -0.2) is 0 Å². The summed E-state index contributed by atoms with van der Waals surface area (Å²) in [5.41, 5.74) is -0.649. The molecule has 0 N–H and O–H groups in total. The number of halogens is 1. The fourth-order valence-corrected chi connectivity index (χ4v) is 3.35. The van der Waals surface area contributed by atoms with Gasteiger partial charge in [-0.15, -0.1) is 0 Å². The Labute approximate surface area is 120 Å². The van der Waals surface area contributed by atoms with Gasteiger partial charge in [-0.05, 0) is 0 Å². The Morgan fingerprint density at radius 3 is 0.824 bits per heavy atom. The summed E-state index contributed by atoms with van der Waals surface area (Å²) in [6, 6.07) is 0. The SMILES string of the molecule is CC(C)(C)[O][Ti+]([O]C(C)(C)C)[O]C(C)(C)C.[Cl-]. The van der Waals surface area contributed by atoms with E-state index in [2.05, 4.69) is 0 Å². The predicted octanol–water partition coefficient (Wildman–Crippen LogP) is 0.799. The van der Waals surface area contributed by atoms with E-state index in [0.717, 1.165) is 0 Å². The average Bonchev–Trinajstić information content (AvgIpc) is 1.70. The molecule has 0 saturated carbocycles. The van der Waals surface area contributed by atoms with Crippen molar-refractivity contribution in [3.63, 3.8) is 0 Å². The average molecular weight is 303 g/mol. The van der Waals surface area contributed by atoms with Crippen LogP contribution in [-0.2, 0) is 29.0 Å². The third-order valence-electron chi connectivity index (χ3n) is 1.17. The minimum absolute atomic E-state index is 0. The summed E-state index contributed by atoms with van der Waals surface area (Å²) in [7, 11) is 0. The van der Waals surface area contributed by atoms with Crippen molar-refractivity contribution in [1.29, 1.82) is 0 Å². The molecule has 0 radical (unpaired) electrons. The predicted molar refractivity (Wildman–Crippen MR) is 62.5 cm³/mol. The van der Waals surface area contributed by atoms with Gasteiger partial charge >= 0.3 is 108 Å². The fourth-order valence-electron chi connectivity index (χ4n) is 0.812. The Bertz CT molecular complexity index is 175. The van der Waals surface area contributed by atoms with E-state index in [1.807, 2.05) is 62.3 Å². The molecule has 5 heteroatoms. The topological polar surface area (TPSA) is 27.7 Å². The van der Waals surface area contributed by atoms with Crippen molar-refractivity contribution < 1.29 is 41.4 Å². The molecule has 0 rings (SSSR count). The van der Waals surface area contributed by atoms with Gasteiger partial charge in [0, 0.05) is 0 Å². The largest absolute Gasteiger partial charge is 1.00 e. The number of hydrogen-bond donors (Lipinski definition) is 0. The molecule has 0 aliphatic rings. The molecule has 0 atom stereocenters. The second kappa shape index (κ2) is 6.88. The molecule has 0 aliphatic heterocycles. The summed E-state index contributed by atoms with van der Waals surface area (Å²) in [6.45, 7) is 18.2. The van der Waals surface area contributed by atoms with E-state index in [9.17, 15) is 0 Å². The molecule has 17 heavy (non-hydrogen) atoms. The zero-order valence-corrected chi connectivity index (χ0v) is 14.9. The minimum atomic E-state index is -2.40. The molecular weight excluding hydrogens is 275 g/mol. The standard InChI is InChI=1S/3C4H9O.ClH.Ti/c3*1-4(2,3)5;;/h3*1-3H3;1H;/q3*-1;;+4/p-1. The zero-order valence-electron chi connectivity index (χ0n) is 12.6. The van der Waals surface area contributed by atoms with Crippen molar-refractivity contribution in [2.75, 3.05) is 0 Å². The zero-order chi connectivity index (χ0) is 13.2. The summed E-state index contributed by atoms with van der Waals surface area (Å²) < 4.78 is 17.7. The van der Waals surface area contributed by atoms with Gasteiger partial charge in [0.15, 0.2) is 0 Å². The molecule has 104 valence electrons. The maximum absolute atomic E-state index is 5.91. The third kappa shape index (κ3) is 14.8. The molecule has 0 amide bonds. The quantitative estimate of drug-likeness (QED) is 0.722. The molecule has 0 aromatic carbocycles. The van der Waals surface area contributed by atoms with Gasteiger partial charge in [-0.1, -0.05) is 0 Å². The van der Waals surface area contributed by atoms with Crippen LogP contribution in [0.3, 0.4) is 0 Å². The van der Waals surface area contributed by atoms with E-state index < -0.39 is 19.0 Å². The normalized spacial score (nSPS) is 13.2. The first-order valence-corrected chi connectivity index (χ1v) is 7.64. The maximum Gasteiger partial charge on any atom is -1.00 e. The van der Waals surface area contributed by atoms with Gasteiger partial charge in [-0.2, -0.15) is 0 Å². The van der Waals surface area contributed by atoms with Crippen LogP contribution in [0.5, 0.6) is 0 Å². The van der Waals surface area contributed by atoms with Crippen molar-refractivity contribution in [2.24, 2.45) is 0 Å². The smallest absolute Gasteiger partial charge is 1.00 e. The molecule has 0 spiro atoms. The van der Waals surface area contributed by atoms with Crippen molar-refractivity contribution >= 4 is 0 Å². The summed E-state index contributed by atoms with van der Waals surface area (Å²) in [4.78, 5) is 0. The fraction of sp³-hybridized carbons (Fsp3) is 1.00. The summed E-state index contributed by atoms with van der Waals surface area (Å²) >= 11 is -2.40. The minimum Gasteiger partial charge on any atom is -1.00 e. The Hall–Kier alpha value is 0.884. The van der Waals surface area contributed by atoms with Crippen molar-refractivity contribution in [2.45, 2.75) is 79.1 Å². The first-order valence-electron chi connectivity index (χ1n) is 5.72. The summed E-state index contributed by atoms with van der Waals surface area (Å²) in [5, 5.41) is 0. The second-order valence-corrected chi connectivity index (χ2v) is 8.63. The Morgan fingerprint density at radius 2 is 0.706 bits per heavy atom. The van der Waals surface area contributed by atoms with Gasteiger partial charge in [0.25, 0.3) is 0 Å². The van der Waals surface area contributed by atoms with Crippen LogP contribution in [-0.4, -0.2) is 16.8 Å². The van der Waals surface area contributed by atoms with Crippen LogP contribution in [0.4, 0.5) is 0 Å². The monoisotopic (exact) mass is 302 g/mol. The summed E-state index contributed by atoms with van der Waals surface area (Å²) in [6.07, 6.45) is 0. The molecular formula is C12H27ClO3Ti. The summed E-state index contributed by atoms with van der Waals surface area (Å²) in [5.74, 6) is 0. The molecule has 3 nitrogen and oxygen atoms in total. The van der Waals surface area contributed by atoms with Crippen LogP contribution in [0.25, 0.3) is 0 Å². The van der Waals surface area contributed by atoms with Crippen molar-refractivity contribution in [1.82, 2.24) is 0 Å². The van der Waals surface area contributed by atoms with E-state index >= 15 is 0 Å². The van der Waals surface area contributed by atoms with Gasteiger partial charge in [0.2, 0.25) is 0 Å². The number of hydrogen-bond acceptors (Lipinski definition) is 3. The molecule has 0 aromatic heterocycles. The Balaban J connectivity index is 0. The van der Waals surface area contributed by atoms with Crippen LogP contribution in [0.2, 0.25) is 0 Å². The molecule has 0 fully saturated rings. The van der Waals surface area contributed by atoms with Crippen LogP contribution < -0.4 is 12.4 Å². The van der Waals surface area contributed by atoms with Crippen molar-refractivity contribution in [3.05, 3.63) is 0 Å². The van der Waals surface area contributed by atoms with E-state index in [1.165, 1.54) is 0 Å². The Morgan fingerprint density at radius 1 is 0.529 bits per heavy atom. The van der Waals surface area contributed by atoms with Gasteiger partial charge in [0.1, 0.15) is 0 Å². The van der Waals surface area contributed by atoms with Gasteiger partial charge in [0.05, 0.1) is 0 Å².